The van der Waals surface area contributed by atoms with E-state index < -0.39 is 0 Å². The van der Waals surface area contributed by atoms with Crippen LogP contribution in [-0.2, 0) is 0 Å². The van der Waals surface area contributed by atoms with E-state index in [1.54, 1.807) is 11.3 Å². The number of rotatable bonds is 5. The first-order valence-corrected chi connectivity index (χ1v) is 7.85. The van der Waals surface area contributed by atoms with E-state index in [1.807, 2.05) is 29.6 Å². The molecule has 0 saturated heterocycles. The van der Waals surface area contributed by atoms with Crippen LogP contribution in [0.1, 0.15) is 17.3 Å². The van der Waals surface area contributed by atoms with Crippen molar-refractivity contribution in [2.24, 2.45) is 0 Å². The van der Waals surface area contributed by atoms with Gasteiger partial charge in [-0.3, -0.25) is 0 Å². The van der Waals surface area contributed by atoms with Crippen molar-refractivity contribution in [2.45, 2.75) is 12.5 Å². The lowest BCUT2D eigenvalue weighted by molar-refractivity contribution is 0.280. The van der Waals surface area contributed by atoms with Crippen LogP contribution in [0.15, 0.2) is 42.0 Å². The summed E-state index contributed by atoms with van der Waals surface area (Å²) in [4.78, 5) is 9.73. The van der Waals surface area contributed by atoms with E-state index in [4.69, 9.17) is 11.6 Å². The van der Waals surface area contributed by atoms with Crippen molar-refractivity contribution in [1.29, 1.82) is 0 Å². The molecule has 21 heavy (non-hydrogen) atoms. The van der Waals surface area contributed by atoms with Crippen LogP contribution in [0.25, 0.3) is 10.9 Å². The number of halogens is 1. The van der Waals surface area contributed by atoms with E-state index in [2.05, 4.69) is 21.4 Å². The molecule has 6 heteroatoms. The fraction of sp³-hybridized carbons (Fsp3) is 0.200. The lowest BCUT2D eigenvalue weighted by atomic mass is 10.1. The highest BCUT2D eigenvalue weighted by Gasteiger charge is 2.14. The first-order chi connectivity index (χ1) is 10.3. The molecule has 2 aromatic heterocycles. The third-order valence-electron chi connectivity index (χ3n) is 3.21. The SMILES string of the molecule is OCCC(Nc1ncnc2cc(Cl)ccc12)c1cccs1. The van der Waals surface area contributed by atoms with Gasteiger partial charge in [-0.15, -0.1) is 11.3 Å². The lowest BCUT2D eigenvalue weighted by Crippen LogP contribution is -2.12. The highest BCUT2D eigenvalue weighted by molar-refractivity contribution is 7.10. The number of nitrogens with zero attached hydrogens (tertiary/aromatic N) is 2. The fourth-order valence-electron chi connectivity index (χ4n) is 2.21. The summed E-state index contributed by atoms with van der Waals surface area (Å²) in [5, 5.41) is 16.3. The van der Waals surface area contributed by atoms with Crippen LogP contribution in [0.5, 0.6) is 0 Å². The molecule has 1 aromatic carbocycles. The van der Waals surface area contributed by atoms with Crippen LogP contribution in [0.3, 0.4) is 0 Å². The number of thiophene rings is 1. The summed E-state index contributed by atoms with van der Waals surface area (Å²) in [5.74, 6) is 0.753. The molecular weight excluding hydrogens is 306 g/mol. The van der Waals surface area contributed by atoms with Gasteiger partial charge in [0.15, 0.2) is 0 Å². The van der Waals surface area contributed by atoms with E-state index in [1.165, 1.54) is 11.2 Å². The van der Waals surface area contributed by atoms with Crippen LogP contribution in [0, 0.1) is 0 Å². The number of anilines is 1. The predicted molar refractivity (Wildman–Crippen MR) is 86.9 cm³/mol. The van der Waals surface area contributed by atoms with Crippen LogP contribution in [-0.4, -0.2) is 21.7 Å². The second kappa shape index (κ2) is 6.39. The highest BCUT2D eigenvalue weighted by atomic mass is 35.5. The number of nitrogens with one attached hydrogen (secondary N) is 1. The van der Waals surface area contributed by atoms with Crippen molar-refractivity contribution in [2.75, 3.05) is 11.9 Å². The molecule has 1 atom stereocenters. The average Bonchev–Trinajstić information content (AvgIpc) is 3.01. The Morgan fingerprint density at radius 3 is 2.95 bits per heavy atom. The molecule has 0 spiro atoms. The molecule has 3 rings (SSSR count). The maximum Gasteiger partial charge on any atom is 0.137 e. The molecule has 0 bridgehead atoms. The predicted octanol–water partition coefficient (Wildman–Crippen LogP) is 3.88. The zero-order valence-electron chi connectivity index (χ0n) is 11.2. The smallest absolute Gasteiger partial charge is 0.137 e. The topological polar surface area (TPSA) is 58.0 Å². The Bertz CT molecular complexity index is 733. The minimum absolute atomic E-state index is 0.0313. The van der Waals surface area contributed by atoms with Crippen molar-refractivity contribution in [3.05, 3.63) is 51.9 Å². The van der Waals surface area contributed by atoms with Crippen LogP contribution < -0.4 is 5.32 Å². The molecule has 0 radical (unpaired) electrons. The Morgan fingerprint density at radius 1 is 1.29 bits per heavy atom. The van der Waals surface area contributed by atoms with Gasteiger partial charge in [-0.1, -0.05) is 17.7 Å². The summed E-state index contributed by atoms with van der Waals surface area (Å²) in [6.07, 6.45) is 2.14. The van der Waals surface area contributed by atoms with Gasteiger partial charge in [-0.05, 0) is 36.1 Å². The zero-order valence-corrected chi connectivity index (χ0v) is 12.7. The summed E-state index contributed by atoms with van der Waals surface area (Å²) in [6.45, 7) is 0.115. The molecular formula is C15H14ClN3OS. The molecule has 1 unspecified atom stereocenters. The first kappa shape index (κ1) is 14.3. The van der Waals surface area contributed by atoms with Gasteiger partial charge in [0.1, 0.15) is 12.1 Å². The standard InChI is InChI=1S/C15H14ClN3OS/c16-10-3-4-11-13(8-10)17-9-18-15(11)19-12(5-6-20)14-2-1-7-21-14/h1-4,7-9,12,20H,5-6H2,(H,17,18,19). The van der Waals surface area contributed by atoms with Gasteiger partial charge in [0.2, 0.25) is 0 Å². The normalized spacial score (nSPS) is 12.5. The van der Waals surface area contributed by atoms with Gasteiger partial charge in [0.05, 0.1) is 11.6 Å². The Labute approximate surface area is 131 Å². The number of hydrogen-bond donors (Lipinski definition) is 2. The highest BCUT2D eigenvalue weighted by Crippen LogP contribution is 2.29. The first-order valence-electron chi connectivity index (χ1n) is 6.59. The summed E-state index contributed by atoms with van der Waals surface area (Å²) in [6, 6.07) is 9.64. The molecule has 0 amide bonds. The van der Waals surface area contributed by atoms with E-state index in [0.29, 0.717) is 11.4 Å². The summed E-state index contributed by atoms with van der Waals surface area (Å²) in [7, 11) is 0. The third kappa shape index (κ3) is 3.15. The van der Waals surface area contributed by atoms with Gasteiger partial charge < -0.3 is 10.4 Å². The van der Waals surface area contributed by atoms with E-state index in [0.717, 1.165) is 16.7 Å². The molecule has 0 aliphatic rings. The molecule has 0 aliphatic carbocycles. The van der Waals surface area contributed by atoms with E-state index in [-0.39, 0.29) is 12.6 Å². The van der Waals surface area contributed by atoms with Gasteiger partial charge >= 0.3 is 0 Å². The summed E-state index contributed by atoms with van der Waals surface area (Å²) < 4.78 is 0. The molecule has 4 nitrogen and oxygen atoms in total. The zero-order chi connectivity index (χ0) is 14.7. The molecule has 2 N–H and O–H groups in total. The van der Waals surface area contributed by atoms with Crippen molar-refractivity contribution in [3.63, 3.8) is 0 Å². The Balaban J connectivity index is 1.96. The molecule has 0 saturated carbocycles. The van der Waals surface area contributed by atoms with Crippen molar-refractivity contribution < 1.29 is 5.11 Å². The fourth-order valence-corrected chi connectivity index (χ4v) is 3.19. The Morgan fingerprint density at radius 2 is 2.19 bits per heavy atom. The van der Waals surface area contributed by atoms with Crippen LogP contribution in [0.2, 0.25) is 5.02 Å². The Kier molecular flexibility index (Phi) is 4.34. The lowest BCUT2D eigenvalue weighted by Gasteiger charge is -2.18. The van der Waals surface area contributed by atoms with E-state index in [9.17, 15) is 5.11 Å². The summed E-state index contributed by atoms with van der Waals surface area (Å²) in [5.41, 5.74) is 0.800. The maximum atomic E-state index is 9.28. The van der Waals surface area contributed by atoms with Crippen molar-refractivity contribution in [1.82, 2.24) is 9.97 Å². The minimum atomic E-state index is 0.0313. The van der Waals surface area contributed by atoms with Gasteiger partial charge in [0.25, 0.3) is 0 Å². The van der Waals surface area contributed by atoms with Crippen LogP contribution in [0.4, 0.5) is 5.82 Å². The summed E-state index contributed by atoms with van der Waals surface area (Å²) >= 11 is 7.66. The number of benzene rings is 1. The number of aliphatic hydroxyl groups is 1. The number of hydrogen-bond acceptors (Lipinski definition) is 5. The number of aliphatic hydroxyl groups excluding tert-OH is 1. The van der Waals surface area contributed by atoms with Crippen molar-refractivity contribution >= 4 is 39.7 Å². The van der Waals surface area contributed by atoms with Crippen LogP contribution >= 0.6 is 22.9 Å². The average molecular weight is 320 g/mol. The molecule has 2 heterocycles. The second-order valence-electron chi connectivity index (χ2n) is 4.61. The van der Waals surface area contributed by atoms with Gasteiger partial charge in [0, 0.05) is 21.9 Å². The van der Waals surface area contributed by atoms with Crippen molar-refractivity contribution in [3.8, 4) is 0 Å². The quantitative estimate of drug-likeness (QED) is 0.749. The Hall–Kier alpha value is -1.69. The largest absolute Gasteiger partial charge is 0.396 e. The van der Waals surface area contributed by atoms with E-state index >= 15 is 0 Å². The van der Waals surface area contributed by atoms with Gasteiger partial charge in [-0.25, -0.2) is 9.97 Å². The number of fused-ring (bicyclic) bond motifs is 1. The minimum Gasteiger partial charge on any atom is -0.396 e. The monoisotopic (exact) mass is 319 g/mol. The number of aromatic nitrogens is 2. The molecule has 0 fully saturated rings. The maximum absolute atomic E-state index is 9.28. The molecule has 3 aromatic rings. The van der Waals surface area contributed by atoms with Gasteiger partial charge in [-0.2, -0.15) is 0 Å². The molecule has 108 valence electrons. The second-order valence-corrected chi connectivity index (χ2v) is 6.02. The third-order valence-corrected chi connectivity index (χ3v) is 4.43. The molecule has 0 aliphatic heterocycles.